The molecule has 0 saturated heterocycles. The Morgan fingerprint density at radius 3 is 2.59 bits per heavy atom. The minimum Gasteiger partial charge on any atom is -0.370 e. The maximum atomic E-state index is 4.63. The van der Waals surface area contributed by atoms with E-state index in [1.807, 2.05) is 6.07 Å². The number of anilines is 2. The molecule has 2 fully saturated rings. The van der Waals surface area contributed by atoms with Gasteiger partial charge in [0.25, 0.3) is 0 Å². The van der Waals surface area contributed by atoms with E-state index in [1.165, 1.54) is 19.3 Å². The molecule has 0 radical (unpaired) electrons. The fourth-order valence-corrected chi connectivity index (χ4v) is 2.05. The van der Waals surface area contributed by atoms with Gasteiger partial charge in [0, 0.05) is 24.6 Å². The van der Waals surface area contributed by atoms with Crippen LogP contribution in [0.1, 0.15) is 44.9 Å². The van der Waals surface area contributed by atoms with Gasteiger partial charge < -0.3 is 10.6 Å². The first kappa shape index (κ1) is 10.8. The molecular weight excluding hydrogens is 212 g/mol. The first-order chi connectivity index (χ1) is 8.26. The Labute approximate surface area is 102 Å². The minimum absolute atomic E-state index is 0.603. The molecule has 4 heteroatoms. The Kier molecular flexibility index (Phi) is 2.65. The third-order valence-corrected chi connectivity index (χ3v) is 3.49. The summed E-state index contributed by atoms with van der Waals surface area (Å²) in [5.74, 6) is 4.36. The largest absolute Gasteiger partial charge is 0.370 e. The van der Waals surface area contributed by atoms with Gasteiger partial charge >= 0.3 is 0 Å². The fourth-order valence-electron chi connectivity index (χ4n) is 2.05. The predicted molar refractivity (Wildman–Crippen MR) is 69.4 cm³/mol. The summed E-state index contributed by atoms with van der Waals surface area (Å²) in [6, 6.07) is 2.65. The zero-order valence-corrected chi connectivity index (χ0v) is 10.5. The van der Waals surface area contributed by atoms with Gasteiger partial charge in [0.2, 0.25) is 0 Å². The van der Waals surface area contributed by atoms with E-state index in [4.69, 9.17) is 0 Å². The van der Waals surface area contributed by atoms with Gasteiger partial charge in [0.1, 0.15) is 17.5 Å². The minimum atomic E-state index is 0.603. The van der Waals surface area contributed by atoms with E-state index >= 15 is 0 Å². The van der Waals surface area contributed by atoms with Gasteiger partial charge in [-0.1, -0.05) is 6.92 Å². The molecule has 2 N–H and O–H groups in total. The summed E-state index contributed by atoms with van der Waals surface area (Å²) < 4.78 is 0. The summed E-state index contributed by atoms with van der Waals surface area (Å²) in [6.45, 7) is 5.27. The van der Waals surface area contributed by atoms with Crippen molar-refractivity contribution in [2.24, 2.45) is 5.92 Å². The van der Waals surface area contributed by atoms with Crippen molar-refractivity contribution in [2.75, 3.05) is 17.2 Å². The second-order valence-electron chi connectivity index (χ2n) is 5.27. The van der Waals surface area contributed by atoms with Gasteiger partial charge in [-0.3, -0.25) is 0 Å². The molecule has 2 unspecified atom stereocenters. The quantitative estimate of drug-likeness (QED) is 0.819. The summed E-state index contributed by atoms with van der Waals surface area (Å²) in [4.78, 5) is 9.20. The monoisotopic (exact) mass is 232 g/mol. The molecule has 2 aliphatic rings. The number of hydrogen-bond acceptors (Lipinski definition) is 4. The normalized spacial score (nSPS) is 26.7. The lowest BCUT2D eigenvalue weighted by Crippen LogP contribution is -2.09. The van der Waals surface area contributed by atoms with Crippen LogP contribution in [0.2, 0.25) is 0 Å². The van der Waals surface area contributed by atoms with E-state index in [-0.39, 0.29) is 0 Å². The van der Waals surface area contributed by atoms with Gasteiger partial charge in [-0.25, -0.2) is 9.97 Å². The van der Waals surface area contributed by atoms with E-state index in [1.54, 1.807) is 0 Å². The van der Waals surface area contributed by atoms with Gasteiger partial charge in [-0.15, -0.1) is 0 Å². The van der Waals surface area contributed by atoms with Gasteiger partial charge in [0.15, 0.2) is 0 Å². The third-order valence-electron chi connectivity index (χ3n) is 3.49. The van der Waals surface area contributed by atoms with Crippen molar-refractivity contribution < 1.29 is 0 Å². The van der Waals surface area contributed by atoms with Crippen LogP contribution in [0.3, 0.4) is 0 Å². The number of hydrogen-bond donors (Lipinski definition) is 2. The molecule has 2 saturated carbocycles. The van der Waals surface area contributed by atoms with Crippen LogP contribution in [0, 0.1) is 5.92 Å². The molecule has 92 valence electrons. The first-order valence-electron chi connectivity index (χ1n) is 6.65. The summed E-state index contributed by atoms with van der Waals surface area (Å²) in [5, 5.41) is 6.78. The topological polar surface area (TPSA) is 49.8 Å². The maximum Gasteiger partial charge on any atom is 0.136 e. The molecule has 2 atom stereocenters. The van der Waals surface area contributed by atoms with Gasteiger partial charge in [-0.2, -0.15) is 0 Å². The second kappa shape index (κ2) is 4.17. The van der Waals surface area contributed by atoms with Crippen molar-refractivity contribution >= 4 is 11.6 Å². The number of nitrogens with zero attached hydrogens (tertiary/aromatic N) is 2. The molecule has 0 aliphatic heterocycles. The Morgan fingerprint density at radius 2 is 2.00 bits per heavy atom. The Bertz CT molecular complexity index is 414. The van der Waals surface area contributed by atoms with Crippen LogP contribution in [0.4, 0.5) is 11.6 Å². The van der Waals surface area contributed by atoms with Crippen molar-refractivity contribution in [1.29, 1.82) is 0 Å². The Balaban J connectivity index is 1.79. The van der Waals surface area contributed by atoms with Crippen LogP contribution in [0.25, 0.3) is 0 Å². The number of aromatic nitrogens is 2. The number of rotatable bonds is 5. The molecule has 4 nitrogen and oxygen atoms in total. The van der Waals surface area contributed by atoms with Crippen molar-refractivity contribution in [2.45, 2.75) is 45.1 Å². The Morgan fingerprint density at radius 1 is 1.29 bits per heavy atom. The smallest absolute Gasteiger partial charge is 0.136 e. The van der Waals surface area contributed by atoms with E-state index < -0.39 is 0 Å². The second-order valence-corrected chi connectivity index (χ2v) is 5.27. The Hall–Kier alpha value is -1.32. The van der Waals surface area contributed by atoms with Crippen molar-refractivity contribution in [3.05, 3.63) is 11.9 Å². The van der Waals surface area contributed by atoms with E-state index in [0.29, 0.717) is 12.0 Å². The SMILES string of the molecule is CCNc1cc(NC2CC2C)nc(C2CC2)n1. The summed E-state index contributed by atoms with van der Waals surface area (Å²) >= 11 is 0. The summed E-state index contributed by atoms with van der Waals surface area (Å²) in [6.07, 6.45) is 3.75. The van der Waals surface area contributed by atoms with E-state index in [0.717, 1.165) is 29.9 Å². The number of nitrogens with one attached hydrogen (secondary N) is 2. The molecule has 1 aromatic heterocycles. The molecule has 0 bridgehead atoms. The van der Waals surface area contributed by atoms with Crippen LogP contribution in [0.15, 0.2) is 6.07 Å². The molecule has 3 rings (SSSR count). The van der Waals surface area contributed by atoms with E-state index in [9.17, 15) is 0 Å². The molecular formula is C13H20N4. The highest BCUT2D eigenvalue weighted by Crippen LogP contribution is 2.39. The molecule has 0 amide bonds. The van der Waals surface area contributed by atoms with Gasteiger partial charge in [0.05, 0.1) is 0 Å². The highest BCUT2D eigenvalue weighted by atomic mass is 15.1. The predicted octanol–water partition coefficient (Wildman–Crippen LogP) is 2.61. The lowest BCUT2D eigenvalue weighted by molar-refractivity contribution is 0.894. The zero-order valence-electron chi connectivity index (χ0n) is 10.5. The van der Waals surface area contributed by atoms with Crippen LogP contribution in [-0.2, 0) is 0 Å². The third kappa shape index (κ3) is 2.51. The first-order valence-corrected chi connectivity index (χ1v) is 6.65. The molecule has 17 heavy (non-hydrogen) atoms. The standard InChI is InChI=1S/C13H20N4/c1-3-14-11-7-12(15-10-6-8(10)2)17-13(16-11)9-4-5-9/h7-10H,3-6H2,1-2H3,(H2,14,15,16,17). The average molecular weight is 232 g/mol. The van der Waals surface area contributed by atoms with Crippen LogP contribution < -0.4 is 10.6 Å². The highest BCUT2D eigenvalue weighted by molar-refractivity contribution is 5.49. The van der Waals surface area contributed by atoms with Crippen LogP contribution in [-0.4, -0.2) is 22.6 Å². The molecule has 1 heterocycles. The van der Waals surface area contributed by atoms with Crippen molar-refractivity contribution in [3.8, 4) is 0 Å². The fraction of sp³-hybridized carbons (Fsp3) is 0.692. The summed E-state index contributed by atoms with van der Waals surface area (Å²) in [7, 11) is 0. The average Bonchev–Trinajstić information content (AvgIpc) is 3.17. The maximum absolute atomic E-state index is 4.63. The molecule has 1 aromatic rings. The van der Waals surface area contributed by atoms with E-state index in [2.05, 4.69) is 34.4 Å². The van der Waals surface area contributed by atoms with Crippen molar-refractivity contribution in [3.63, 3.8) is 0 Å². The lowest BCUT2D eigenvalue weighted by Gasteiger charge is -2.10. The van der Waals surface area contributed by atoms with Crippen molar-refractivity contribution in [1.82, 2.24) is 9.97 Å². The molecule has 2 aliphatic carbocycles. The lowest BCUT2D eigenvalue weighted by atomic mass is 10.3. The van der Waals surface area contributed by atoms with Gasteiger partial charge in [-0.05, 0) is 32.1 Å². The summed E-state index contributed by atoms with van der Waals surface area (Å²) in [5.41, 5.74) is 0. The van der Waals surface area contributed by atoms with Crippen LogP contribution >= 0.6 is 0 Å². The zero-order chi connectivity index (χ0) is 11.8. The van der Waals surface area contributed by atoms with Crippen LogP contribution in [0.5, 0.6) is 0 Å². The highest BCUT2D eigenvalue weighted by Gasteiger charge is 2.33. The molecule has 0 spiro atoms. The molecule has 0 aromatic carbocycles.